The largest absolute Gasteiger partial charge is 0.469 e. The molecule has 128 valence electrons. The van der Waals surface area contributed by atoms with Crippen molar-refractivity contribution in [3.63, 3.8) is 0 Å². The van der Waals surface area contributed by atoms with Gasteiger partial charge in [0.25, 0.3) is 0 Å². The quantitative estimate of drug-likeness (QED) is 0.732. The normalized spacial score (nSPS) is 11.8. The average Bonchev–Trinajstić information content (AvgIpc) is 3.06. The van der Waals surface area contributed by atoms with Crippen molar-refractivity contribution in [2.75, 3.05) is 13.1 Å². The lowest BCUT2D eigenvalue weighted by Crippen LogP contribution is -2.33. The zero-order valence-electron chi connectivity index (χ0n) is 14.2. The van der Waals surface area contributed by atoms with Gasteiger partial charge in [-0.1, -0.05) is 29.8 Å². The van der Waals surface area contributed by atoms with Crippen LogP contribution in [0.4, 0.5) is 0 Å². The van der Waals surface area contributed by atoms with Gasteiger partial charge in [-0.2, -0.15) is 0 Å². The van der Waals surface area contributed by atoms with E-state index in [4.69, 9.17) is 4.42 Å². The summed E-state index contributed by atoms with van der Waals surface area (Å²) in [5, 5.41) is 5.67. The summed E-state index contributed by atoms with van der Waals surface area (Å²) in [6.45, 7) is 4.59. The van der Waals surface area contributed by atoms with Crippen LogP contribution in [0.1, 0.15) is 36.1 Å². The van der Waals surface area contributed by atoms with E-state index in [9.17, 15) is 9.59 Å². The van der Waals surface area contributed by atoms with Crippen molar-refractivity contribution in [2.24, 2.45) is 0 Å². The summed E-state index contributed by atoms with van der Waals surface area (Å²) >= 11 is 0. The van der Waals surface area contributed by atoms with Gasteiger partial charge in [0.15, 0.2) is 0 Å². The Morgan fingerprint density at radius 3 is 2.42 bits per heavy atom. The van der Waals surface area contributed by atoms with Gasteiger partial charge in [0, 0.05) is 26.4 Å². The maximum absolute atomic E-state index is 12.6. The molecule has 2 rings (SSSR count). The molecule has 0 saturated carbocycles. The predicted octanol–water partition coefficient (Wildman–Crippen LogP) is 2.56. The fourth-order valence-corrected chi connectivity index (χ4v) is 2.48. The number of carbonyl (C=O) groups is 2. The zero-order valence-corrected chi connectivity index (χ0v) is 14.2. The smallest absolute Gasteiger partial charge is 0.228 e. The maximum Gasteiger partial charge on any atom is 0.228 e. The highest BCUT2D eigenvalue weighted by atomic mass is 16.3. The number of furan rings is 1. The second-order valence-corrected chi connectivity index (χ2v) is 5.87. The molecule has 2 amide bonds. The Morgan fingerprint density at radius 2 is 1.79 bits per heavy atom. The van der Waals surface area contributed by atoms with Gasteiger partial charge in [-0.15, -0.1) is 0 Å². The molecule has 0 aliphatic carbocycles. The first-order valence-electron chi connectivity index (χ1n) is 8.17. The van der Waals surface area contributed by atoms with Gasteiger partial charge in [-0.05, 0) is 31.0 Å². The molecule has 0 spiro atoms. The van der Waals surface area contributed by atoms with Crippen LogP contribution in [0.15, 0.2) is 47.1 Å². The van der Waals surface area contributed by atoms with Crippen LogP contribution < -0.4 is 10.6 Å². The van der Waals surface area contributed by atoms with Gasteiger partial charge in [0.2, 0.25) is 11.8 Å². The molecule has 0 bridgehead atoms. The highest BCUT2D eigenvalue weighted by molar-refractivity contribution is 5.83. The number of rotatable bonds is 8. The van der Waals surface area contributed by atoms with E-state index in [0.29, 0.717) is 25.9 Å². The van der Waals surface area contributed by atoms with E-state index < -0.39 is 0 Å². The molecule has 0 saturated heterocycles. The highest BCUT2D eigenvalue weighted by Crippen LogP contribution is 2.22. The van der Waals surface area contributed by atoms with E-state index in [2.05, 4.69) is 10.6 Å². The van der Waals surface area contributed by atoms with Crippen molar-refractivity contribution in [3.8, 4) is 0 Å². The van der Waals surface area contributed by atoms with Crippen molar-refractivity contribution in [2.45, 2.75) is 32.6 Å². The third-order valence-corrected chi connectivity index (χ3v) is 3.81. The number of hydrogen-bond donors (Lipinski definition) is 2. The summed E-state index contributed by atoms with van der Waals surface area (Å²) in [5.41, 5.74) is 2.13. The van der Waals surface area contributed by atoms with Crippen LogP contribution in [-0.4, -0.2) is 24.9 Å². The van der Waals surface area contributed by atoms with Crippen molar-refractivity contribution in [1.82, 2.24) is 10.6 Å². The summed E-state index contributed by atoms with van der Waals surface area (Å²) < 4.78 is 5.40. The van der Waals surface area contributed by atoms with E-state index in [1.165, 1.54) is 6.92 Å². The molecule has 1 unspecified atom stereocenters. The molecule has 1 heterocycles. The van der Waals surface area contributed by atoms with Crippen LogP contribution in [0.5, 0.6) is 0 Å². The number of benzene rings is 1. The Labute approximate surface area is 142 Å². The number of amides is 2. The molecule has 0 fully saturated rings. The Morgan fingerprint density at radius 1 is 1.08 bits per heavy atom. The summed E-state index contributed by atoms with van der Waals surface area (Å²) in [5.74, 6) is 0.404. The average molecular weight is 328 g/mol. The van der Waals surface area contributed by atoms with Crippen LogP contribution in [0, 0.1) is 6.92 Å². The van der Waals surface area contributed by atoms with Crippen LogP contribution in [0.25, 0.3) is 0 Å². The van der Waals surface area contributed by atoms with Crippen molar-refractivity contribution in [3.05, 3.63) is 59.5 Å². The maximum atomic E-state index is 12.6. The number of aryl methyl sites for hydroxylation is 1. The van der Waals surface area contributed by atoms with E-state index in [-0.39, 0.29) is 17.7 Å². The second kappa shape index (κ2) is 8.91. The lowest BCUT2D eigenvalue weighted by molar-refractivity contribution is -0.122. The molecule has 1 aromatic heterocycles. The van der Waals surface area contributed by atoms with Crippen LogP contribution in [0.2, 0.25) is 0 Å². The van der Waals surface area contributed by atoms with Gasteiger partial charge in [0.1, 0.15) is 5.76 Å². The Kier molecular flexibility index (Phi) is 6.61. The SMILES string of the molecule is CC(=O)NCCCNC(=O)C(Cc1ccco1)c1ccc(C)cc1. The minimum Gasteiger partial charge on any atom is -0.469 e. The molecule has 5 nitrogen and oxygen atoms in total. The van der Waals surface area contributed by atoms with Crippen LogP contribution in [-0.2, 0) is 16.0 Å². The lowest BCUT2D eigenvalue weighted by Gasteiger charge is -2.17. The van der Waals surface area contributed by atoms with E-state index in [1.54, 1.807) is 6.26 Å². The van der Waals surface area contributed by atoms with Crippen molar-refractivity contribution < 1.29 is 14.0 Å². The Hall–Kier alpha value is -2.56. The molecule has 0 radical (unpaired) electrons. The molecule has 5 heteroatoms. The first kappa shape index (κ1) is 17.8. The summed E-state index contributed by atoms with van der Waals surface area (Å²) in [6.07, 6.45) is 2.84. The monoisotopic (exact) mass is 328 g/mol. The van der Waals surface area contributed by atoms with Gasteiger partial charge >= 0.3 is 0 Å². The Bertz CT molecular complexity index is 648. The topological polar surface area (TPSA) is 71.3 Å². The molecular formula is C19H24N2O3. The summed E-state index contributed by atoms with van der Waals surface area (Å²) in [4.78, 5) is 23.4. The summed E-state index contributed by atoms with van der Waals surface area (Å²) in [7, 11) is 0. The molecule has 1 atom stereocenters. The van der Waals surface area contributed by atoms with Crippen molar-refractivity contribution >= 4 is 11.8 Å². The number of carbonyl (C=O) groups excluding carboxylic acids is 2. The first-order valence-corrected chi connectivity index (χ1v) is 8.17. The molecule has 0 aliphatic heterocycles. The molecule has 24 heavy (non-hydrogen) atoms. The summed E-state index contributed by atoms with van der Waals surface area (Å²) in [6, 6.07) is 11.7. The third kappa shape index (κ3) is 5.57. The number of nitrogens with one attached hydrogen (secondary N) is 2. The van der Waals surface area contributed by atoms with E-state index >= 15 is 0 Å². The first-order chi connectivity index (χ1) is 11.6. The third-order valence-electron chi connectivity index (χ3n) is 3.81. The predicted molar refractivity (Wildman–Crippen MR) is 92.6 cm³/mol. The van der Waals surface area contributed by atoms with E-state index in [1.807, 2.05) is 43.3 Å². The molecule has 0 aliphatic rings. The minimum absolute atomic E-state index is 0.0296. The fourth-order valence-electron chi connectivity index (χ4n) is 2.48. The van der Waals surface area contributed by atoms with Crippen molar-refractivity contribution in [1.29, 1.82) is 0 Å². The van der Waals surface area contributed by atoms with Crippen LogP contribution in [0.3, 0.4) is 0 Å². The molecule has 2 N–H and O–H groups in total. The molecule has 2 aromatic rings. The second-order valence-electron chi connectivity index (χ2n) is 5.87. The Balaban J connectivity index is 1.97. The molecule has 1 aromatic carbocycles. The van der Waals surface area contributed by atoms with Gasteiger partial charge in [0.05, 0.1) is 12.2 Å². The van der Waals surface area contributed by atoms with Gasteiger partial charge in [-0.3, -0.25) is 9.59 Å². The van der Waals surface area contributed by atoms with Gasteiger partial charge in [-0.25, -0.2) is 0 Å². The van der Waals surface area contributed by atoms with Gasteiger partial charge < -0.3 is 15.1 Å². The molecular weight excluding hydrogens is 304 g/mol. The fraction of sp³-hybridized carbons (Fsp3) is 0.368. The number of hydrogen-bond acceptors (Lipinski definition) is 3. The highest BCUT2D eigenvalue weighted by Gasteiger charge is 2.22. The lowest BCUT2D eigenvalue weighted by atomic mass is 9.93. The zero-order chi connectivity index (χ0) is 17.4. The van der Waals surface area contributed by atoms with Crippen LogP contribution >= 0.6 is 0 Å². The minimum atomic E-state index is -0.294. The van der Waals surface area contributed by atoms with E-state index in [0.717, 1.165) is 16.9 Å². The standard InChI is InChI=1S/C19H24N2O3/c1-14-6-8-16(9-7-14)18(13-17-5-3-12-24-17)19(23)21-11-4-10-20-15(2)22/h3,5-9,12,18H,4,10-11,13H2,1-2H3,(H,20,22)(H,21,23).